The number of ether oxygens (including phenoxy) is 1. The van der Waals surface area contributed by atoms with Crippen molar-refractivity contribution in [2.24, 2.45) is 0 Å². The molecule has 0 spiro atoms. The fourth-order valence-electron chi connectivity index (χ4n) is 3.93. The van der Waals surface area contributed by atoms with Crippen molar-refractivity contribution in [1.82, 2.24) is 24.5 Å². The van der Waals surface area contributed by atoms with E-state index in [0.29, 0.717) is 29.5 Å². The predicted octanol–water partition coefficient (Wildman–Crippen LogP) is 2.07. The van der Waals surface area contributed by atoms with Crippen LogP contribution in [0.3, 0.4) is 0 Å². The predicted molar refractivity (Wildman–Crippen MR) is 136 cm³/mol. The number of thioether (sulfide) groups is 1. The van der Waals surface area contributed by atoms with Gasteiger partial charge in [0.25, 0.3) is 0 Å². The highest BCUT2D eigenvalue weighted by molar-refractivity contribution is 8.01. The van der Waals surface area contributed by atoms with Crippen molar-refractivity contribution >= 4 is 56.2 Å². The van der Waals surface area contributed by atoms with E-state index in [0.717, 1.165) is 15.6 Å². The first-order valence-electron chi connectivity index (χ1n) is 11.3. The summed E-state index contributed by atoms with van der Waals surface area (Å²) in [7, 11) is 0. The average Bonchev–Trinajstić information content (AvgIpc) is 3.54. The number of hydrogen-bond donors (Lipinski definition) is 5. The molecule has 13 heteroatoms. The maximum absolute atomic E-state index is 10.5. The summed E-state index contributed by atoms with van der Waals surface area (Å²) in [5.74, 6) is 1.72. The highest BCUT2D eigenvalue weighted by Gasteiger charge is 2.44. The number of aromatic nitrogens is 5. The van der Waals surface area contributed by atoms with Gasteiger partial charge in [0.2, 0.25) is 5.95 Å². The summed E-state index contributed by atoms with van der Waals surface area (Å²) in [5.41, 5.74) is 1.96. The fraction of sp³-hybridized carbons (Fsp3) is 0.455. The zero-order chi connectivity index (χ0) is 24.5. The molecule has 186 valence electrons. The zero-order valence-electron chi connectivity index (χ0n) is 19.2. The molecule has 0 saturated carbocycles. The van der Waals surface area contributed by atoms with E-state index in [-0.39, 0.29) is 6.04 Å². The van der Waals surface area contributed by atoms with Gasteiger partial charge in [0.1, 0.15) is 18.3 Å². The lowest BCUT2D eigenvalue weighted by atomic mass is 10.1. The summed E-state index contributed by atoms with van der Waals surface area (Å²) >= 11 is 3.35. The van der Waals surface area contributed by atoms with Crippen molar-refractivity contribution < 1.29 is 20.1 Å². The van der Waals surface area contributed by atoms with Crippen LogP contribution in [0.15, 0.2) is 34.9 Å². The van der Waals surface area contributed by atoms with Crippen molar-refractivity contribution in [3.63, 3.8) is 0 Å². The lowest BCUT2D eigenvalue weighted by Gasteiger charge is -2.18. The first-order valence-corrected chi connectivity index (χ1v) is 13.1. The standard InChI is InChI=1S/C22H27N7O4S2/c1-3-23-21-27-18(25-11(2)9-34-22-26-12-6-4-5-7-14(12)35-22)15-19(28-21)29(10-24-15)20-17(32)16(31)13(8-30)33-20/h4-7,10-11,13,16-17,20,30-32H,3,8-9H2,1-2H3,(H2,23,25,27,28)/t11?,13-,16?,17?,20-/m1/s1. The highest BCUT2D eigenvalue weighted by atomic mass is 32.2. The third kappa shape index (κ3) is 4.79. The van der Waals surface area contributed by atoms with Crippen molar-refractivity contribution in [1.29, 1.82) is 0 Å². The van der Waals surface area contributed by atoms with Crippen molar-refractivity contribution in [3.05, 3.63) is 30.6 Å². The molecule has 1 saturated heterocycles. The van der Waals surface area contributed by atoms with Crippen LogP contribution < -0.4 is 10.6 Å². The number of hydrogen-bond acceptors (Lipinski definition) is 12. The topological polar surface area (TPSA) is 150 Å². The maximum Gasteiger partial charge on any atom is 0.226 e. The molecule has 1 aliphatic heterocycles. The summed E-state index contributed by atoms with van der Waals surface area (Å²) in [5, 5.41) is 36.7. The Morgan fingerprint density at radius 2 is 2.03 bits per heavy atom. The molecule has 0 aliphatic carbocycles. The van der Waals surface area contributed by atoms with Gasteiger partial charge < -0.3 is 30.7 Å². The minimum Gasteiger partial charge on any atom is -0.394 e. The van der Waals surface area contributed by atoms with Gasteiger partial charge in [-0.3, -0.25) is 4.57 Å². The van der Waals surface area contributed by atoms with Gasteiger partial charge in [0, 0.05) is 18.3 Å². The van der Waals surface area contributed by atoms with Gasteiger partial charge in [-0.05, 0) is 26.0 Å². The van der Waals surface area contributed by atoms with Gasteiger partial charge in [-0.1, -0.05) is 23.9 Å². The van der Waals surface area contributed by atoms with Crippen LogP contribution >= 0.6 is 23.1 Å². The second-order valence-corrected chi connectivity index (χ2v) is 10.6. The number of nitrogens with one attached hydrogen (secondary N) is 2. The number of imidazole rings is 1. The Hall–Kier alpha value is -2.55. The molecule has 0 radical (unpaired) electrons. The van der Waals surface area contributed by atoms with Crippen LogP contribution in [0, 0.1) is 0 Å². The largest absolute Gasteiger partial charge is 0.394 e. The Balaban J connectivity index is 1.38. The van der Waals surface area contributed by atoms with Gasteiger partial charge in [-0.25, -0.2) is 9.97 Å². The number of aliphatic hydroxyl groups is 3. The van der Waals surface area contributed by atoms with Crippen LogP contribution in [0.5, 0.6) is 0 Å². The van der Waals surface area contributed by atoms with Crippen LogP contribution in [0.1, 0.15) is 20.1 Å². The number of thiazole rings is 1. The summed E-state index contributed by atoms with van der Waals surface area (Å²) < 4.78 is 9.42. The Kier molecular flexibility index (Phi) is 7.05. The fourth-order valence-corrected chi connectivity index (χ4v) is 5.98. The van der Waals surface area contributed by atoms with Crippen LogP contribution in [-0.4, -0.2) is 83.1 Å². The number of anilines is 2. The number of para-hydroxylation sites is 1. The van der Waals surface area contributed by atoms with Crippen molar-refractivity contribution in [2.75, 3.05) is 29.5 Å². The highest BCUT2D eigenvalue weighted by Crippen LogP contribution is 2.33. The molecule has 35 heavy (non-hydrogen) atoms. The Labute approximate surface area is 209 Å². The zero-order valence-corrected chi connectivity index (χ0v) is 20.8. The SMILES string of the molecule is CCNc1nc(NC(C)CSc2nc3ccccc3s2)c2ncn([C@@H]3O[C@H](CO)C(O)C3O)c2n1. The summed E-state index contributed by atoms with van der Waals surface area (Å²) in [6, 6.07) is 8.13. The lowest BCUT2D eigenvalue weighted by molar-refractivity contribution is -0.0511. The molecule has 0 amide bonds. The number of benzene rings is 1. The maximum atomic E-state index is 10.5. The Morgan fingerprint density at radius 3 is 2.77 bits per heavy atom. The van der Waals surface area contributed by atoms with E-state index >= 15 is 0 Å². The molecule has 4 aromatic rings. The second-order valence-electron chi connectivity index (χ2n) is 8.28. The molecule has 5 atom stereocenters. The molecule has 1 aliphatic rings. The number of rotatable bonds is 9. The van der Waals surface area contributed by atoms with Gasteiger partial charge >= 0.3 is 0 Å². The van der Waals surface area contributed by atoms with E-state index in [4.69, 9.17) is 4.74 Å². The van der Waals surface area contributed by atoms with Gasteiger partial charge in [0.15, 0.2) is 27.5 Å². The van der Waals surface area contributed by atoms with Gasteiger partial charge in [0.05, 0.1) is 23.2 Å². The minimum atomic E-state index is -1.23. The molecular formula is C22H27N7O4S2. The summed E-state index contributed by atoms with van der Waals surface area (Å²) in [6.45, 7) is 4.22. The monoisotopic (exact) mass is 517 g/mol. The third-order valence-electron chi connectivity index (χ3n) is 5.66. The van der Waals surface area contributed by atoms with E-state index in [1.54, 1.807) is 27.7 Å². The number of nitrogens with zero attached hydrogens (tertiary/aromatic N) is 5. The molecule has 3 unspecified atom stereocenters. The van der Waals surface area contributed by atoms with Gasteiger partial charge in [-0.2, -0.15) is 9.97 Å². The lowest BCUT2D eigenvalue weighted by Crippen LogP contribution is -2.33. The van der Waals surface area contributed by atoms with E-state index in [1.807, 2.05) is 25.1 Å². The molecule has 4 heterocycles. The van der Waals surface area contributed by atoms with Gasteiger partial charge in [-0.15, -0.1) is 11.3 Å². The molecule has 0 bridgehead atoms. The second kappa shape index (κ2) is 10.2. The van der Waals surface area contributed by atoms with Crippen LogP contribution in [0.2, 0.25) is 0 Å². The normalized spacial score (nSPS) is 23.2. The minimum absolute atomic E-state index is 0.0404. The van der Waals surface area contributed by atoms with E-state index < -0.39 is 31.1 Å². The Morgan fingerprint density at radius 1 is 1.20 bits per heavy atom. The van der Waals surface area contributed by atoms with Crippen LogP contribution in [0.4, 0.5) is 11.8 Å². The summed E-state index contributed by atoms with van der Waals surface area (Å²) in [4.78, 5) is 18.3. The molecule has 1 fully saturated rings. The van der Waals surface area contributed by atoms with E-state index in [1.165, 1.54) is 11.0 Å². The molecule has 1 aromatic carbocycles. The third-order valence-corrected chi connectivity index (χ3v) is 8.10. The molecule has 5 rings (SSSR count). The first-order chi connectivity index (χ1) is 17.0. The summed E-state index contributed by atoms with van der Waals surface area (Å²) in [6.07, 6.45) is -2.77. The van der Waals surface area contributed by atoms with E-state index in [2.05, 4.69) is 43.6 Å². The van der Waals surface area contributed by atoms with E-state index in [9.17, 15) is 15.3 Å². The van der Waals surface area contributed by atoms with Crippen molar-refractivity contribution in [3.8, 4) is 0 Å². The smallest absolute Gasteiger partial charge is 0.226 e. The molecule has 5 N–H and O–H groups in total. The quantitative estimate of drug-likeness (QED) is 0.208. The first kappa shape index (κ1) is 24.2. The van der Waals surface area contributed by atoms with Crippen LogP contribution in [-0.2, 0) is 4.74 Å². The van der Waals surface area contributed by atoms with Crippen molar-refractivity contribution in [2.45, 2.75) is 48.8 Å². The number of aliphatic hydroxyl groups excluding tert-OH is 3. The molecular weight excluding hydrogens is 490 g/mol. The molecule has 11 nitrogen and oxygen atoms in total. The molecule has 3 aromatic heterocycles. The number of fused-ring (bicyclic) bond motifs is 2. The average molecular weight is 518 g/mol. The Bertz CT molecular complexity index is 1280. The van der Waals surface area contributed by atoms with Crippen LogP contribution in [0.25, 0.3) is 21.4 Å².